The van der Waals surface area contributed by atoms with Crippen LogP contribution in [0.4, 0.5) is 0 Å². The molecule has 0 radical (unpaired) electrons. The van der Waals surface area contributed by atoms with Crippen LogP contribution in [0.15, 0.2) is 18.2 Å². The standard InChI is InChI=1S/C16H24N4O2/c1-6-22-11-8-7-10(9-12(11)21-5)13(17)14-18-15(20-19-14)16(2,3)4/h7-9,13H,6,17H2,1-5H3,(H,18,19,20). The molecular weight excluding hydrogens is 280 g/mol. The number of nitrogens with one attached hydrogen (secondary N) is 1. The lowest BCUT2D eigenvalue weighted by Crippen LogP contribution is -2.16. The molecule has 2 aromatic rings. The summed E-state index contributed by atoms with van der Waals surface area (Å²) in [4.78, 5) is 4.51. The summed E-state index contributed by atoms with van der Waals surface area (Å²) in [5, 5.41) is 7.18. The first-order valence-electron chi connectivity index (χ1n) is 7.36. The minimum absolute atomic E-state index is 0.120. The number of hydrogen-bond acceptors (Lipinski definition) is 5. The van der Waals surface area contributed by atoms with E-state index in [0.29, 0.717) is 23.9 Å². The highest BCUT2D eigenvalue weighted by Gasteiger charge is 2.22. The third kappa shape index (κ3) is 3.39. The molecule has 0 amide bonds. The first-order valence-corrected chi connectivity index (χ1v) is 7.36. The first kappa shape index (κ1) is 16.3. The topological polar surface area (TPSA) is 86.0 Å². The Morgan fingerprint density at radius 1 is 1.27 bits per heavy atom. The van der Waals surface area contributed by atoms with Crippen LogP contribution in [-0.2, 0) is 5.41 Å². The number of nitrogens with two attached hydrogens (primary N) is 1. The van der Waals surface area contributed by atoms with Gasteiger partial charge in [-0.25, -0.2) is 4.98 Å². The highest BCUT2D eigenvalue weighted by Crippen LogP contribution is 2.31. The molecule has 6 heteroatoms. The number of methoxy groups -OCH3 is 1. The lowest BCUT2D eigenvalue weighted by Gasteiger charge is -2.14. The molecule has 1 heterocycles. The Hall–Kier alpha value is -2.08. The second-order valence-electron chi connectivity index (χ2n) is 6.12. The summed E-state index contributed by atoms with van der Waals surface area (Å²) in [5.41, 5.74) is 7.06. The van der Waals surface area contributed by atoms with Crippen LogP contribution in [0, 0.1) is 0 Å². The van der Waals surface area contributed by atoms with Gasteiger partial charge >= 0.3 is 0 Å². The zero-order valence-corrected chi connectivity index (χ0v) is 13.8. The number of hydrogen-bond donors (Lipinski definition) is 2. The average Bonchev–Trinajstić information content (AvgIpc) is 2.97. The van der Waals surface area contributed by atoms with Crippen LogP contribution in [-0.4, -0.2) is 28.9 Å². The van der Waals surface area contributed by atoms with Gasteiger partial charge < -0.3 is 15.2 Å². The van der Waals surface area contributed by atoms with Crippen molar-refractivity contribution in [2.75, 3.05) is 13.7 Å². The second-order valence-corrected chi connectivity index (χ2v) is 6.12. The quantitative estimate of drug-likeness (QED) is 0.886. The molecule has 1 aromatic heterocycles. The van der Waals surface area contributed by atoms with Gasteiger partial charge in [0.2, 0.25) is 0 Å². The number of benzene rings is 1. The zero-order valence-electron chi connectivity index (χ0n) is 13.8. The molecule has 0 saturated carbocycles. The molecule has 0 aliphatic heterocycles. The molecule has 0 aliphatic carbocycles. The van der Waals surface area contributed by atoms with Crippen molar-refractivity contribution in [3.63, 3.8) is 0 Å². The summed E-state index contributed by atoms with van der Waals surface area (Å²) in [6.07, 6.45) is 0. The normalized spacial score (nSPS) is 13.0. The van der Waals surface area contributed by atoms with Crippen LogP contribution in [0.2, 0.25) is 0 Å². The molecule has 0 fully saturated rings. The Labute approximate surface area is 131 Å². The summed E-state index contributed by atoms with van der Waals surface area (Å²) in [6.45, 7) is 8.70. The van der Waals surface area contributed by atoms with E-state index in [1.54, 1.807) is 7.11 Å². The van der Waals surface area contributed by atoms with Crippen molar-refractivity contribution < 1.29 is 9.47 Å². The number of rotatable bonds is 5. The second kappa shape index (κ2) is 6.36. The SMILES string of the molecule is CCOc1ccc(C(N)c2nc(C(C)(C)C)n[nH]2)cc1OC. The van der Waals surface area contributed by atoms with E-state index >= 15 is 0 Å². The Bertz CT molecular complexity index is 631. The van der Waals surface area contributed by atoms with E-state index in [-0.39, 0.29) is 5.41 Å². The molecule has 1 aromatic carbocycles. The molecule has 120 valence electrons. The monoisotopic (exact) mass is 304 g/mol. The van der Waals surface area contributed by atoms with Gasteiger partial charge in [0.15, 0.2) is 17.3 Å². The highest BCUT2D eigenvalue weighted by atomic mass is 16.5. The van der Waals surface area contributed by atoms with Gasteiger partial charge in [0, 0.05) is 5.41 Å². The smallest absolute Gasteiger partial charge is 0.161 e. The van der Waals surface area contributed by atoms with Gasteiger partial charge in [0.05, 0.1) is 19.8 Å². The van der Waals surface area contributed by atoms with E-state index in [1.807, 2.05) is 25.1 Å². The molecule has 0 aliphatic rings. The number of H-pyrrole nitrogens is 1. The van der Waals surface area contributed by atoms with Gasteiger partial charge in [-0.05, 0) is 24.6 Å². The van der Waals surface area contributed by atoms with Crippen LogP contribution in [0.1, 0.15) is 50.9 Å². The summed E-state index contributed by atoms with van der Waals surface area (Å²) in [7, 11) is 1.61. The lowest BCUT2D eigenvalue weighted by atomic mass is 9.96. The van der Waals surface area contributed by atoms with E-state index < -0.39 is 6.04 Å². The minimum atomic E-state index is -0.395. The molecule has 2 rings (SSSR count). The number of aromatic amines is 1. The predicted molar refractivity (Wildman–Crippen MR) is 85.3 cm³/mol. The molecule has 0 spiro atoms. The van der Waals surface area contributed by atoms with Gasteiger partial charge in [-0.15, -0.1) is 0 Å². The maximum atomic E-state index is 6.29. The van der Waals surface area contributed by atoms with Crippen molar-refractivity contribution in [1.82, 2.24) is 15.2 Å². The Kier molecular flexibility index (Phi) is 4.71. The minimum Gasteiger partial charge on any atom is -0.493 e. The number of nitrogens with zero attached hydrogens (tertiary/aromatic N) is 2. The van der Waals surface area contributed by atoms with E-state index in [4.69, 9.17) is 15.2 Å². The average molecular weight is 304 g/mol. The van der Waals surface area contributed by atoms with Crippen molar-refractivity contribution in [3.05, 3.63) is 35.4 Å². The largest absolute Gasteiger partial charge is 0.493 e. The molecule has 22 heavy (non-hydrogen) atoms. The third-order valence-corrected chi connectivity index (χ3v) is 3.31. The Morgan fingerprint density at radius 2 is 2.00 bits per heavy atom. The maximum absolute atomic E-state index is 6.29. The first-order chi connectivity index (χ1) is 10.4. The summed E-state index contributed by atoms with van der Waals surface area (Å²) >= 11 is 0. The van der Waals surface area contributed by atoms with Gasteiger partial charge in [0.25, 0.3) is 0 Å². The van der Waals surface area contributed by atoms with Gasteiger partial charge in [0.1, 0.15) is 5.82 Å². The van der Waals surface area contributed by atoms with Gasteiger partial charge in [-0.3, -0.25) is 5.10 Å². The summed E-state index contributed by atoms with van der Waals surface area (Å²) in [6, 6.07) is 5.25. The Morgan fingerprint density at radius 3 is 2.55 bits per heavy atom. The Balaban J connectivity index is 2.29. The number of ether oxygens (including phenoxy) is 2. The van der Waals surface area contributed by atoms with Crippen LogP contribution in [0.5, 0.6) is 11.5 Å². The van der Waals surface area contributed by atoms with Crippen molar-refractivity contribution >= 4 is 0 Å². The molecular formula is C16H24N4O2. The zero-order chi connectivity index (χ0) is 16.3. The van der Waals surface area contributed by atoms with Crippen LogP contribution >= 0.6 is 0 Å². The number of aromatic nitrogens is 3. The van der Waals surface area contributed by atoms with Crippen LogP contribution in [0.3, 0.4) is 0 Å². The summed E-state index contributed by atoms with van der Waals surface area (Å²) in [5.74, 6) is 2.74. The van der Waals surface area contributed by atoms with E-state index in [9.17, 15) is 0 Å². The van der Waals surface area contributed by atoms with Crippen molar-refractivity contribution in [2.45, 2.75) is 39.2 Å². The van der Waals surface area contributed by atoms with Crippen molar-refractivity contribution in [2.24, 2.45) is 5.73 Å². The van der Waals surface area contributed by atoms with E-state index in [2.05, 4.69) is 36.0 Å². The highest BCUT2D eigenvalue weighted by molar-refractivity contribution is 5.44. The van der Waals surface area contributed by atoms with Crippen molar-refractivity contribution in [1.29, 1.82) is 0 Å². The lowest BCUT2D eigenvalue weighted by molar-refractivity contribution is 0.310. The van der Waals surface area contributed by atoms with Gasteiger partial charge in [-0.1, -0.05) is 26.8 Å². The maximum Gasteiger partial charge on any atom is 0.161 e. The molecule has 6 nitrogen and oxygen atoms in total. The van der Waals surface area contributed by atoms with Crippen molar-refractivity contribution in [3.8, 4) is 11.5 Å². The molecule has 1 atom stereocenters. The fraction of sp³-hybridized carbons (Fsp3) is 0.500. The molecule has 3 N–H and O–H groups in total. The molecule has 0 bridgehead atoms. The fourth-order valence-electron chi connectivity index (χ4n) is 2.06. The van der Waals surface area contributed by atoms with E-state index in [0.717, 1.165) is 11.4 Å². The van der Waals surface area contributed by atoms with Gasteiger partial charge in [-0.2, -0.15) is 5.10 Å². The molecule has 0 saturated heterocycles. The van der Waals surface area contributed by atoms with Crippen LogP contribution in [0.25, 0.3) is 0 Å². The summed E-state index contributed by atoms with van der Waals surface area (Å²) < 4.78 is 10.9. The predicted octanol–water partition coefficient (Wildman–Crippen LogP) is 2.56. The molecule has 1 unspecified atom stereocenters. The fourth-order valence-corrected chi connectivity index (χ4v) is 2.06. The third-order valence-electron chi connectivity index (χ3n) is 3.31. The van der Waals surface area contributed by atoms with Crippen LogP contribution < -0.4 is 15.2 Å². The van der Waals surface area contributed by atoms with E-state index in [1.165, 1.54) is 0 Å².